The Labute approximate surface area is 136 Å². The van der Waals surface area contributed by atoms with Crippen molar-refractivity contribution in [1.82, 2.24) is 5.32 Å². The first kappa shape index (κ1) is 15.8. The number of amides is 2. The van der Waals surface area contributed by atoms with Gasteiger partial charge in [-0.05, 0) is 48.9 Å². The van der Waals surface area contributed by atoms with Crippen molar-refractivity contribution in [3.05, 3.63) is 23.8 Å². The molecule has 2 aliphatic rings. The summed E-state index contributed by atoms with van der Waals surface area (Å²) in [6.07, 6.45) is 5.78. The quantitative estimate of drug-likeness (QED) is 0.897. The topological polar surface area (TPSA) is 67.4 Å². The van der Waals surface area contributed by atoms with Gasteiger partial charge < -0.3 is 15.4 Å². The number of anilines is 1. The van der Waals surface area contributed by atoms with Crippen LogP contribution in [-0.4, -0.2) is 24.5 Å². The summed E-state index contributed by atoms with van der Waals surface area (Å²) in [6.45, 7) is 2.27. The van der Waals surface area contributed by atoms with E-state index in [9.17, 15) is 9.59 Å². The first-order chi connectivity index (χ1) is 11.1. The third-order valence-corrected chi connectivity index (χ3v) is 4.64. The van der Waals surface area contributed by atoms with Gasteiger partial charge in [0.25, 0.3) is 5.91 Å². The molecule has 1 aromatic carbocycles. The van der Waals surface area contributed by atoms with E-state index in [4.69, 9.17) is 4.74 Å². The number of benzene rings is 1. The van der Waals surface area contributed by atoms with E-state index in [0.717, 1.165) is 24.1 Å². The van der Waals surface area contributed by atoms with E-state index >= 15 is 0 Å². The van der Waals surface area contributed by atoms with Crippen LogP contribution in [0.1, 0.15) is 44.6 Å². The summed E-state index contributed by atoms with van der Waals surface area (Å²) in [5.41, 5.74) is 1.90. The van der Waals surface area contributed by atoms with Gasteiger partial charge in [0.05, 0.1) is 0 Å². The molecule has 0 radical (unpaired) electrons. The lowest BCUT2D eigenvalue weighted by Gasteiger charge is -2.27. The minimum Gasteiger partial charge on any atom is -0.484 e. The van der Waals surface area contributed by atoms with Gasteiger partial charge in [0.15, 0.2) is 6.61 Å². The molecule has 1 aliphatic carbocycles. The fourth-order valence-electron chi connectivity index (χ4n) is 3.43. The standard InChI is InChI=1S/C18H24N2O3/c1-12-3-2-4-14(9-12)19-18(22)11-23-15-6-7-16-13(10-15)5-8-17(21)20-16/h6-7,10,12,14H,2-5,8-9,11H2,1H3,(H,19,22)(H,20,21). The van der Waals surface area contributed by atoms with Crippen molar-refractivity contribution in [3.8, 4) is 5.75 Å². The summed E-state index contributed by atoms with van der Waals surface area (Å²) in [7, 11) is 0. The van der Waals surface area contributed by atoms with Gasteiger partial charge in [-0.3, -0.25) is 9.59 Å². The molecule has 2 N–H and O–H groups in total. The number of fused-ring (bicyclic) bond motifs is 1. The van der Waals surface area contributed by atoms with Gasteiger partial charge in [-0.25, -0.2) is 0 Å². The summed E-state index contributed by atoms with van der Waals surface area (Å²) < 4.78 is 5.60. The molecule has 23 heavy (non-hydrogen) atoms. The maximum atomic E-state index is 12.0. The zero-order valence-corrected chi connectivity index (χ0v) is 13.6. The lowest BCUT2D eigenvalue weighted by molar-refractivity contribution is -0.124. The summed E-state index contributed by atoms with van der Waals surface area (Å²) in [5.74, 6) is 1.35. The molecular weight excluding hydrogens is 292 g/mol. The van der Waals surface area contributed by atoms with Crippen LogP contribution in [0, 0.1) is 5.92 Å². The highest BCUT2D eigenvalue weighted by molar-refractivity contribution is 5.94. The summed E-state index contributed by atoms with van der Waals surface area (Å²) in [5, 5.41) is 5.90. The molecule has 2 amide bonds. The maximum Gasteiger partial charge on any atom is 0.258 e. The number of carbonyl (C=O) groups excluding carboxylic acids is 2. The molecule has 5 heteroatoms. The Balaban J connectivity index is 1.50. The number of ether oxygens (including phenoxy) is 1. The number of aryl methyl sites for hydroxylation is 1. The second kappa shape index (κ2) is 7.02. The van der Waals surface area contributed by atoms with Crippen molar-refractivity contribution in [2.45, 2.75) is 51.5 Å². The van der Waals surface area contributed by atoms with Gasteiger partial charge in [0.2, 0.25) is 5.91 Å². The highest BCUT2D eigenvalue weighted by atomic mass is 16.5. The average molecular weight is 316 g/mol. The molecule has 0 saturated heterocycles. The highest BCUT2D eigenvalue weighted by Gasteiger charge is 2.20. The van der Waals surface area contributed by atoms with Gasteiger partial charge in [0, 0.05) is 18.2 Å². The number of carbonyl (C=O) groups is 2. The molecule has 1 aromatic rings. The van der Waals surface area contributed by atoms with Crippen LogP contribution in [0.4, 0.5) is 5.69 Å². The zero-order chi connectivity index (χ0) is 16.2. The van der Waals surface area contributed by atoms with Crippen LogP contribution in [0.15, 0.2) is 18.2 Å². The second-order valence-corrected chi connectivity index (χ2v) is 6.69. The molecule has 0 bridgehead atoms. The fraction of sp³-hybridized carbons (Fsp3) is 0.556. The Morgan fingerprint density at radius 1 is 1.35 bits per heavy atom. The van der Waals surface area contributed by atoms with Crippen LogP contribution in [-0.2, 0) is 16.0 Å². The molecule has 1 heterocycles. The van der Waals surface area contributed by atoms with Crippen LogP contribution in [0.5, 0.6) is 5.75 Å². The summed E-state index contributed by atoms with van der Waals surface area (Å²) in [6, 6.07) is 5.82. The molecule has 1 aliphatic heterocycles. The Morgan fingerprint density at radius 2 is 2.22 bits per heavy atom. The maximum absolute atomic E-state index is 12.0. The van der Waals surface area contributed by atoms with Crippen molar-refractivity contribution in [3.63, 3.8) is 0 Å². The normalized spacial score (nSPS) is 23.6. The molecule has 5 nitrogen and oxygen atoms in total. The Hall–Kier alpha value is -2.04. The summed E-state index contributed by atoms with van der Waals surface area (Å²) >= 11 is 0. The third-order valence-electron chi connectivity index (χ3n) is 4.64. The smallest absolute Gasteiger partial charge is 0.258 e. The van der Waals surface area contributed by atoms with Gasteiger partial charge >= 0.3 is 0 Å². The molecule has 1 saturated carbocycles. The predicted octanol–water partition coefficient (Wildman–Crippen LogP) is 2.65. The third kappa shape index (κ3) is 4.24. The minimum atomic E-state index is -0.0601. The monoisotopic (exact) mass is 316 g/mol. The SMILES string of the molecule is CC1CCCC(NC(=O)COc2ccc3c(c2)CCC(=O)N3)C1. The van der Waals surface area contributed by atoms with Gasteiger partial charge in [-0.15, -0.1) is 0 Å². The van der Waals surface area contributed by atoms with E-state index in [0.29, 0.717) is 24.5 Å². The molecule has 124 valence electrons. The van der Waals surface area contributed by atoms with Gasteiger partial charge in [-0.1, -0.05) is 19.8 Å². The van der Waals surface area contributed by atoms with Crippen molar-refractivity contribution >= 4 is 17.5 Å². The first-order valence-corrected chi connectivity index (χ1v) is 8.45. The van der Waals surface area contributed by atoms with E-state index in [1.54, 1.807) is 6.07 Å². The van der Waals surface area contributed by atoms with Crippen LogP contribution >= 0.6 is 0 Å². The Bertz CT molecular complexity index is 600. The second-order valence-electron chi connectivity index (χ2n) is 6.69. The van der Waals surface area contributed by atoms with E-state index in [2.05, 4.69) is 17.6 Å². The number of hydrogen-bond donors (Lipinski definition) is 2. The predicted molar refractivity (Wildman–Crippen MR) is 88.5 cm³/mol. The van der Waals surface area contributed by atoms with Crippen molar-refractivity contribution < 1.29 is 14.3 Å². The van der Waals surface area contributed by atoms with Crippen LogP contribution in [0.25, 0.3) is 0 Å². The average Bonchev–Trinajstić information content (AvgIpc) is 2.53. The molecule has 1 fully saturated rings. The highest BCUT2D eigenvalue weighted by Crippen LogP contribution is 2.27. The minimum absolute atomic E-state index is 0.0377. The first-order valence-electron chi connectivity index (χ1n) is 8.45. The molecular formula is C18H24N2O3. The lowest BCUT2D eigenvalue weighted by atomic mass is 9.87. The molecule has 3 rings (SSSR count). The number of rotatable bonds is 4. The largest absolute Gasteiger partial charge is 0.484 e. The van der Waals surface area contributed by atoms with Crippen molar-refractivity contribution in [1.29, 1.82) is 0 Å². The lowest BCUT2D eigenvalue weighted by Crippen LogP contribution is -2.40. The zero-order valence-electron chi connectivity index (χ0n) is 13.6. The van der Waals surface area contributed by atoms with Crippen LogP contribution in [0.2, 0.25) is 0 Å². The molecule has 0 spiro atoms. The molecule has 0 aromatic heterocycles. The Kier molecular flexibility index (Phi) is 4.84. The van der Waals surface area contributed by atoms with Crippen molar-refractivity contribution in [2.24, 2.45) is 5.92 Å². The number of hydrogen-bond acceptors (Lipinski definition) is 3. The van der Waals surface area contributed by atoms with Gasteiger partial charge in [0.1, 0.15) is 5.75 Å². The van der Waals surface area contributed by atoms with Crippen LogP contribution < -0.4 is 15.4 Å². The molecule has 2 atom stereocenters. The van der Waals surface area contributed by atoms with Gasteiger partial charge in [-0.2, -0.15) is 0 Å². The fourth-order valence-corrected chi connectivity index (χ4v) is 3.43. The Morgan fingerprint density at radius 3 is 3.04 bits per heavy atom. The number of nitrogens with one attached hydrogen (secondary N) is 2. The van der Waals surface area contributed by atoms with Crippen molar-refractivity contribution in [2.75, 3.05) is 11.9 Å². The van der Waals surface area contributed by atoms with E-state index in [-0.39, 0.29) is 24.5 Å². The van der Waals surface area contributed by atoms with Crippen LogP contribution in [0.3, 0.4) is 0 Å². The van der Waals surface area contributed by atoms with E-state index in [1.165, 1.54) is 12.8 Å². The summed E-state index contributed by atoms with van der Waals surface area (Å²) in [4.78, 5) is 23.4. The van der Waals surface area contributed by atoms with E-state index in [1.807, 2.05) is 12.1 Å². The van der Waals surface area contributed by atoms with E-state index < -0.39 is 0 Å². The molecule has 2 unspecified atom stereocenters.